The van der Waals surface area contributed by atoms with Gasteiger partial charge in [-0.1, -0.05) is 31.1 Å². The van der Waals surface area contributed by atoms with E-state index in [1.807, 2.05) is 0 Å². The molecule has 10 heteroatoms. The molecule has 0 spiro atoms. The summed E-state index contributed by atoms with van der Waals surface area (Å²) in [6, 6.07) is 4.95. The molecule has 108 valence electrons. The molecule has 1 unspecified atom stereocenters. The first-order chi connectivity index (χ1) is 9.29. The molecule has 1 N–H and O–H groups in total. The van der Waals surface area contributed by atoms with E-state index < -0.39 is 31.7 Å². The largest absolute Gasteiger partial charge is 0.289 e. The molecule has 1 aromatic rings. The number of azide groups is 1. The summed E-state index contributed by atoms with van der Waals surface area (Å²) in [5.41, 5.74) is 7.87. The van der Waals surface area contributed by atoms with Gasteiger partial charge in [0.15, 0.2) is 4.90 Å². The Morgan fingerprint density at radius 1 is 1.40 bits per heavy atom. The maximum absolute atomic E-state index is 12.1. The van der Waals surface area contributed by atoms with E-state index in [0.29, 0.717) is 0 Å². The number of hydrogen-bond donors (Lipinski definition) is 1. The van der Waals surface area contributed by atoms with Crippen LogP contribution in [0.3, 0.4) is 0 Å². The van der Waals surface area contributed by atoms with Crippen LogP contribution in [0.15, 0.2) is 34.3 Å². The summed E-state index contributed by atoms with van der Waals surface area (Å²) in [5, 5.41) is 14.2. The molecule has 1 rings (SSSR count). The molecule has 0 heterocycles. The zero-order valence-corrected chi connectivity index (χ0v) is 11.6. The highest BCUT2D eigenvalue weighted by Crippen LogP contribution is 2.23. The highest BCUT2D eigenvalue weighted by molar-refractivity contribution is 7.89. The summed E-state index contributed by atoms with van der Waals surface area (Å²) >= 11 is 0. The van der Waals surface area contributed by atoms with Crippen molar-refractivity contribution < 1.29 is 13.3 Å². The number of nitrogens with one attached hydrogen (secondary N) is 1. The fraction of sp³-hybridized carbons (Fsp3) is 0.400. The summed E-state index contributed by atoms with van der Waals surface area (Å²) < 4.78 is 26.4. The Labute approximate surface area is 115 Å². The Hall–Kier alpha value is -2.16. The number of nitrogens with zero attached hydrogens (tertiary/aromatic N) is 4. The minimum atomic E-state index is -4.16. The van der Waals surface area contributed by atoms with Crippen molar-refractivity contribution in [2.45, 2.75) is 24.9 Å². The fourth-order valence-corrected chi connectivity index (χ4v) is 2.85. The Morgan fingerprint density at radius 2 is 2.00 bits per heavy atom. The van der Waals surface area contributed by atoms with Crippen LogP contribution in [0.5, 0.6) is 0 Å². The van der Waals surface area contributed by atoms with Crippen molar-refractivity contribution in [3.05, 3.63) is 44.8 Å². The summed E-state index contributed by atoms with van der Waals surface area (Å²) in [7, 11) is -4.16. The molecule has 0 saturated carbocycles. The third kappa shape index (κ3) is 3.67. The second-order valence-electron chi connectivity index (χ2n) is 4.24. The van der Waals surface area contributed by atoms with Crippen LogP contribution < -0.4 is 4.72 Å². The van der Waals surface area contributed by atoms with E-state index in [4.69, 9.17) is 5.53 Å². The molecule has 0 aliphatic carbocycles. The van der Waals surface area contributed by atoms with Crippen molar-refractivity contribution in [1.29, 1.82) is 0 Å². The molecule has 1 aromatic carbocycles. The second-order valence-corrected chi connectivity index (χ2v) is 5.92. The van der Waals surface area contributed by atoms with Gasteiger partial charge in [0, 0.05) is 11.0 Å². The predicted octanol–water partition coefficient (Wildman–Crippen LogP) is 2.17. The first kappa shape index (κ1) is 15.9. The topological polar surface area (TPSA) is 138 Å². The van der Waals surface area contributed by atoms with E-state index in [1.54, 1.807) is 13.8 Å². The lowest BCUT2D eigenvalue weighted by Gasteiger charge is -2.16. The lowest BCUT2D eigenvalue weighted by Crippen LogP contribution is -2.37. The van der Waals surface area contributed by atoms with Crippen LogP contribution in [0, 0.1) is 16.0 Å². The first-order valence-corrected chi connectivity index (χ1v) is 7.08. The van der Waals surface area contributed by atoms with Gasteiger partial charge in [0.2, 0.25) is 10.0 Å². The second kappa shape index (κ2) is 6.33. The minimum Gasteiger partial charge on any atom is -0.258 e. The van der Waals surface area contributed by atoms with Gasteiger partial charge >= 0.3 is 0 Å². The van der Waals surface area contributed by atoms with Crippen LogP contribution in [-0.2, 0) is 10.0 Å². The molecule has 0 aromatic heterocycles. The first-order valence-electron chi connectivity index (χ1n) is 5.59. The molecule has 0 radical (unpaired) electrons. The van der Waals surface area contributed by atoms with Gasteiger partial charge in [-0.25, -0.2) is 13.1 Å². The van der Waals surface area contributed by atoms with Gasteiger partial charge in [0.1, 0.15) is 6.17 Å². The quantitative estimate of drug-likeness (QED) is 0.282. The van der Waals surface area contributed by atoms with Crippen LogP contribution in [0.4, 0.5) is 5.69 Å². The number of para-hydroxylation sites is 1. The van der Waals surface area contributed by atoms with Crippen molar-refractivity contribution in [1.82, 2.24) is 4.72 Å². The summed E-state index contributed by atoms with van der Waals surface area (Å²) in [5.74, 6) is -0.302. The van der Waals surface area contributed by atoms with E-state index in [0.717, 1.165) is 12.1 Å². The number of nitro groups is 1. The molecule has 1 atom stereocenters. The molecule has 20 heavy (non-hydrogen) atoms. The molecule has 0 saturated heterocycles. The van der Waals surface area contributed by atoms with Gasteiger partial charge in [0.05, 0.1) is 4.92 Å². The normalized spacial score (nSPS) is 12.8. The van der Waals surface area contributed by atoms with Crippen molar-refractivity contribution in [2.24, 2.45) is 11.0 Å². The lowest BCUT2D eigenvalue weighted by atomic mass is 10.2. The van der Waals surface area contributed by atoms with Crippen molar-refractivity contribution in [2.75, 3.05) is 0 Å². The standard InChI is InChI=1S/C10H13N5O4S/c1-7(2)10(12-14-11)13-20(18,19)9-6-4-3-5-8(9)15(16)17/h3-7,10,13H,1-2H3. The average molecular weight is 299 g/mol. The van der Waals surface area contributed by atoms with E-state index in [1.165, 1.54) is 12.1 Å². The lowest BCUT2D eigenvalue weighted by molar-refractivity contribution is -0.387. The number of sulfonamides is 1. The van der Waals surface area contributed by atoms with E-state index >= 15 is 0 Å². The Morgan fingerprint density at radius 3 is 2.50 bits per heavy atom. The summed E-state index contributed by atoms with van der Waals surface area (Å²) in [4.78, 5) is 12.1. The van der Waals surface area contributed by atoms with E-state index in [9.17, 15) is 18.5 Å². The third-order valence-corrected chi connectivity index (χ3v) is 3.91. The zero-order valence-electron chi connectivity index (χ0n) is 10.8. The molecule has 0 bridgehead atoms. The predicted molar refractivity (Wildman–Crippen MR) is 71.2 cm³/mol. The number of nitro benzene ring substituents is 1. The van der Waals surface area contributed by atoms with Gasteiger partial charge in [-0.05, 0) is 17.5 Å². The highest BCUT2D eigenvalue weighted by atomic mass is 32.2. The molecule has 0 amide bonds. The fourth-order valence-electron chi connectivity index (χ4n) is 1.41. The van der Waals surface area contributed by atoms with Crippen LogP contribution in [0.25, 0.3) is 10.4 Å². The van der Waals surface area contributed by atoms with Gasteiger partial charge < -0.3 is 0 Å². The Kier molecular flexibility index (Phi) is 5.03. The Balaban J connectivity index is 3.24. The van der Waals surface area contributed by atoms with E-state index in [-0.39, 0.29) is 5.92 Å². The van der Waals surface area contributed by atoms with Crippen LogP contribution in [0.1, 0.15) is 13.8 Å². The van der Waals surface area contributed by atoms with Gasteiger partial charge in [-0.15, -0.1) is 0 Å². The molecular weight excluding hydrogens is 286 g/mol. The smallest absolute Gasteiger partial charge is 0.258 e. The summed E-state index contributed by atoms with van der Waals surface area (Å²) in [6.45, 7) is 3.31. The van der Waals surface area contributed by atoms with Crippen LogP contribution in [0.2, 0.25) is 0 Å². The van der Waals surface area contributed by atoms with Crippen LogP contribution >= 0.6 is 0 Å². The zero-order chi connectivity index (χ0) is 15.3. The minimum absolute atomic E-state index is 0.302. The van der Waals surface area contributed by atoms with Crippen molar-refractivity contribution in [3.63, 3.8) is 0 Å². The number of rotatable bonds is 6. The Bertz CT molecular complexity index is 651. The van der Waals surface area contributed by atoms with Gasteiger partial charge in [-0.3, -0.25) is 10.1 Å². The monoisotopic (exact) mass is 299 g/mol. The average Bonchev–Trinajstić information content (AvgIpc) is 2.38. The molecule has 0 aliphatic rings. The third-order valence-electron chi connectivity index (χ3n) is 2.43. The maximum Gasteiger partial charge on any atom is 0.289 e. The summed E-state index contributed by atoms with van der Waals surface area (Å²) in [6.07, 6.45) is -1.02. The molecular formula is C10H13N5O4S. The number of hydrogen-bond acceptors (Lipinski definition) is 5. The van der Waals surface area contributed by atoms with Gasteiger partial charge in [-0.2, -0.15) is 0 Å². The number of benzene rings is 1. The van der Waals surface area contributed by atoms with Crippen molar-refractivity contribution in [3.8, 4) is 0 Å². The SMILES string of the molecule is CC(C)C(N=[N+]=[N-])NS(=O)(=O)c1ccccc1[N+](=O)[O-]. The van der Waals surface area contributed by atoms with Gasteiger partial charge in [0.25, 0.3) is 5.69 Å². The van der Waals surface area contributed by atoms with Crippen molar-refractivity contribution >= 4 is 15.7 Å². The van der Waals surface area contributed by atoms with E-state index in [2.05, 4.69) is 14.7 Å². The molecule has 0 aliphatic heterocycles. The maximum atomic E-state index is 12.1. The molecule has 0 fully saturated rings. The highest BCUT2D eigenvalue weighted by Gasteiger charge is 2.28. The molecule has 9 nitrogen and oxygen atoms in total. The van der Waals surface area contributed by atoms with Crippen LogP contribution in [-0.4, -0.2) is 19.5 Å².